The van der Waals surface area contributed by atoms with Gasteiger partial charge in [0, 0.05) is 12.6 Å². The summed E-state index contributed by atoms with van der Waals surface area (Å²) >= 11 is 2.26. The highest BCUT2D eigenvalue weighted by atomic mass is 32.1. The van der Waals surface area contributed by atoms with E-state index in [1.54, 1.807) is 7.11 Å². The third kappa shape index (κ3) is 3.27. The Hall–Kier alpha value is -2.52. The topological polar surface area (TPSA) is 86.7 Å². The number of aryl methyl sites for hydroxylation is 2. The van der Waals surface area contributed by atoms with Crippen molar-refractivity contribution in [2.24, 2.45) is 4.99 Å². The average Bonchev–Trinajstić information content (AvgIpc) is 3.23. The summed E-state index contributed by atoms with van der Waals surface area (Å²) in [6.07, 6.45) is 0.870. The Morgan fingerprint density at radius 3 is 2.69 bits per heavy atom. The summed E-state index contributed by atoms with van der Waals surface area (Å²) in [5, 5.41) is 10.7. The summed E-state index contributed by atoms with van der Waals surface area (Å²) in [6, 6.07) is 6.65. The highest BCUT2D eigenvalue weighted by Crippen LogP contribution is 2.31. The maximum Gasteiger partial charge on any atom is 0.324 e. The van der Waals surface area contributed by atoms with Crippen LogP contribution < -0.4 is 9.54 Å². The fourth-order valence-electron chi connectivity index (χ4n) is 2.64. The van der Waals surface area contributed by atoms with E-state index in [1.165, 1.54) is 23.5 Å². The molecule has 0 unspecified atom stereocenters. The largest absolute Gasteiger partial charge is 0.495 e. The molecule has 2 aromatic heterocycles. The van der Waals surface area contributed by atoms with E-state index in [-0.39, 0.29) is 9.88 Å². The Morgan fingerprint density at radius 1 is 1.31 bits per heavy atom. The molecule has 7 nitrogen and oxygen atoms in total. The third-order valence-corrected chi connectivity index (χ3v) is 6.07. The molecule has 26 heavy (non-hydrogen) atoms. The number of thiophene rings is 1. The number of amides is 1. The lowest BCUT2D eigenvalue weighted by Crippen LogP contribution is -2.17. The number of ether oxygens (including phenoxy) is 1. The second kappa shape index (κ2) is 7.38. The monoisotopic (exact) mass is 391 g/mol. The molecular formula is C17H17N3O4S2. The molecule has 1 amide bonds. The zero-order valence-electron chi connectivity index (χ0n) is 14.5. The van der Waals surface area contributed by atoms with Gasteiger partial charge in [-0.25, -0.2) is 0 Å². The molecular weight excluding hydrogens is 374 g/mol. The second-order valence-electron chi connectivity index (χ2n) is 5.61. The van der Waals surface area contributed by atoms with Crippen LogP contribution in [0.3, 0.4) is 0 Å². The standard InChI is InChI=1S/C17H17N3O4S2/c1-4-9-19-14-11(24-3)6-5-10(2)15(14)26-17(19)18-16(21)12-7-8-13(25-12)20(22)23/h5-8H,4,9H2,1-3H3. The van der Waals surface area contributed by atoms with Crippen molar-refractivity contribution in [3.63, 3.8) is 0 Å². The van der Waals surface area contributed by atoms with Crippen LogP contribution in [0.5, 0.6) is 5.75 Å². The summed E-state index contributed by atoms with van der Waals surface area (Å²) in [5.41, 5.74) is 2.00. The lowest BCUT2D eigenvalue weighted by Gasteiger charge is -2.08. The number of benzene rings is 1. The second-order valence-corrected chi connectivity index (χ2v) is 7.65. The first kappa shape index (κ1) is 18.3. The van der Waals surface area contributed by atoms with Crippen molar-refractivity contribution in [1.82, 2.24) is 4.57 Å². The van der Waals surface area contributed by atoms with E-state index < -0.39 is 10.8 Å². The van der Waals surface area contributed by atoms with Crippen LogP contribution in [0, 0.1) is 17.0 Å². The molecule has 0 saturated carbocycles. The van der Waals surface area contributed by atoms with E-state index in [9.17, 15) is 14.9 Å². The van der Waals surface area contributed by atoms with Gasteiger partial charge < -0.3 is 9.30 Å². The van der Waals surface area contributed by atoms with Gasteiger partial charge in [0.15, 0.2) is 4.80 Å². The summed E-state index contributed by atoms with van der Waals surface area (Å²) in [6.45, 7) is 4.74. The molecule has 3 rings (SSSR count). The molecule has 0 aliphatic carbocycles. The Morgan fingerprint density at radius 2 is 2.08 bits per heavy atom. The van der Waals surface area contributed by atoms with Crippen molar-refractivity contribution in [2.45, 2.75) is 26.8 Å². The normalized spacial score (nSPS) is 11.9. The van der Waals surface area contributed by atoms with Crippen LogP contribution in [0.25, 0.3) is 10.2 Å². The summed E-state index contributed by atoms with van der Waals surface area (Å²) in [4.78, 5) is 27.9. The molecule has 0 saturated heterocycles. The number of nitrogens with zero attached hydrogens (tertiary/aromatic N) is 3. The van der Waals surface area contributed by atoms with Crippen molar-refractivity contribution >= 4 is 43.8 Å². The first-order valence-corrected chi connectivity index (χ1v) is 9.59. The van der Waals surface area contributed by atoms with Crippen LogP contribution in [0.15, 0.2) is 29.3 Å². The van der Waals surface area contributed by atoms with Crippen LogP contribution in [0.2, 0.25) is 0 Å². The Kier molecular flexibility index (Phi) is 5.19. The van der Waals surface area contributed by atoms with Crippen LogP contribution in [0.4, 0.5) is 5.00 Å². The van der Waals surface area contributed by atoms with Crippen molar-refractivity contribution in [3.8, 4) is 5.75 Å². The predicted molar refractivity (Wildman–Crippen MR) is 102 cm³/mol. The van der Waals surface area contributed by atoms with Crippen LogP contribution in [-0.2, 0) is 6.54 Å². The van der Waals surface area contributed by atoms with E-state index in [4.69, 9.17) is 4.74 Å². The first-order chi connectivity index (χ1) is 12.5. The number of methoxy groups -OCH3 is 1. The van der Waals surface area contributed by atoms with Gasteiger partial charge in [0.05, 0.1) is 16.7 Å². The summed E-state index contributed by atoms with van der Waals surface area (Å²) < 4.78 is 8.48. The molecule has 0 aliphatic rings. The lowest BCUT2D eigenvalue weighted by atomic mass is 10.2. The predicted octanol–water partition coefficient (Wildman–Crippen LogP) is 4.14. The van der Waals surface area contributed by atoms with Gasteiger partial charge in [-0.2, -0.15) is 4.99 Å². The Labute approximate surface area is 157 Å². The lowest BCUT2D eigenvalue weighted by molar-refractivity contribution is -0.380. The maximum atomic E-state index is 12.5. The van der Waals surface area contributed by atoms with Crippen LogP contribution >= 0.6 is 22.7 Å². The fraction of sp³-hybridized carbons (Fsp3) is 0.294. The highest BCUT2D eigenvalue weighted by molar-refractivity contribution is 7.17. The molecule has 0 atom stereocenters. The SMILES string of the molecule is CCCn1c(=NC(=O)c2ccc([N+](=O)[O-])s2)sc2c(C)ccc(OC)c21. The molecule has 9 heteroatoms. The van der Waals surface area contributed by atoms with Gasteiger partial charge in [0.2, 0.25) is 0 Å². The molecule has 0 N–H and O–H groups in total. The molecule has 2 heterocycles. The number of hydrogen-bond donors (Lipinski definition) is 0. The molecule has 136 valence electrons. The fourth-order valence-corrected chi connectivity index (χ4v) is 4.49. The van der Waals surface area contributed by atoms with Crippen molar-refractivity contribution < 1.29 is 14.5 Å². The Bertz CT molecular complexity index is 1060. The van der Waals surface area contributed by atoms with Gasteiger partial charge >= 0.3 is 5.00 Å². The van der Waals surface area contributed by atoms with E-state index >= 15 is 0 Å². The van der Waals surface area contributed by atoms with Gasteiger partial charge in [0.1, 0.15) is 16.1 Å². The Balaban J connectivity index is 2.18. The summed E-state index contributed by atoms with van der Waals surface area (Å²) in [7, 11) is 1.62. The quantitative estimate of drug-likeness (QED) is 0.483. The highest BCUT2D eigenvalue weighted by Gasteiger charge is 2.17. The number of rotatable bonds is 5. The van der Waals surface area contributed by atoms with Gasteiger partial charge in [-0.3, -0.25) is 14.9 Å². The molecule has 0 bridgehead atoms. The van der Waals surface area contributed by atoms with Gasteiger partial charge in [-0.1, -0.05) is 35.7 Å². The number of carbonyl (C=O) groups excluding carboxylic acids is 1. The molecule has 0 fully saturated rings. The molecule has 3 aromatic rings. The number of nitro groups is 1. The van der Waals surface area contributed by atoms with Gasteiger partial charge in [-0.05, 0) is 31.0 Å². The minimum Gasteiger partial charge on any atom is -0.495 e. The first-order valence-electron chi connectivity index (χ1n) is 7.96. The summed E-state index contributed by atoms with van der Waals surface area (Å²) in [5.74, 6) is 0.257. The zero-order valence-corrected chi connectivity index (χ0v) is 16.1. The molecule has 0 spiro atoms. The number of thiazole rings is 1. The number of aromatic nitrogens is 1. The van der Waals surface area contributed by atoms with E-state index in [1.807, 2.05) is 30.5 Å². The molecule has 0 radical (unpaired) electrons. The number of fused-ring (bicyclic) bond motifs is 1. The third-order valence-electron chi connectivity index (χ3n) is 3.83. The van der Waals surface area contributed by atoms with E-state index in [0.717, 1.165) is 39.3 Å². The zero-order chi connectivity index (χ0) is 18.8. The van der Waals surface area contributed by atoms with Gasteiger partial charge in [-0.15, -0.1) is 0 Å². The number of carbonyl (C=O) groups is 1. The molecule has 0 aliphatic heterocycles. The van der Waals surface area contributed by atoms with Crippen LogP contribution in [0.1, 0.15) is 28.6 Å². The maximum absolute atomic E-state index is 12.5. The van der Waals surface area contributed by atoms with Crippen molar-refractivity contribution in [2.75, 3.05) is 7.11 Å². The van der Waals surface area contributed by atoms with Crippen LogP contribution in [-0.4, -0.2) is 22.5 Å². The smallest absolute Gasteiger partial charge is 0.324 e. The number of hydrogen-bond acceptors (Lipinski definition) is 6. The van der Waals surface area contributed by atoms with E-state index in [0.29, 0.717) is 11.3 Å². The van der Waals surface area contributed by atoms with Gasteiger partial charge in [0.25, 0.3) is 5.91 Å². The average molecular weight is 391 g/mol. The van der Waals surface area contributed by atoms with Crippen molar-refractivity contribution in [3.05, 3.63) is 49.6 Å². The minimum absolute atomic E-state index is 0.0705. The minimum atomic E-state index is -0.508. The molecule has 1 aromatic carbocycles. The van der Waals surface area contributed by atoms with E-state index in [2.05, 4.69) is 4.99 Å². The van der Waals surface area contributed by atoms with Crippen molar-refractivity contribution in [1.29, 1.82) is 0 Å².